The highest BCUT2D eigenvalue weighted by Crippen LogP contribution is 2.20. The first-order valence-electron chi connectivity index (χ1n) is 2.73. The Morgan fingerprint density at radius 3 is 2.70 bits per heavy atom. The molecule has 0 saturated heterocycles. The van der Waals surface area contributed by atoms with Gasteiger partial charge in [0.1, 0.15) is 5.82 Å². The molecule has 0 spiro atoms. The van der Waals surface area contributed by atoms with Gasteiger partial charge in [-0.2, -0.15) is 0 Å². The Hall–Kier alpha value is 0.230. The summed E-state index contributed by atoms with van der Waals surface area (Å²) in [5.41, 5.74) is 0. The van der Waals surface area contributed by atoms with Crippen LogP contribution >= 0.6 is 34.4 Å². The number of rotatable bonds is 1. The quantitative estimate of drug-likeness (QED) is 0.557. The fourth-order valence-corrected chi connectivity index (χ4v) is 1.84. The average Bonchev–Trinajstić information content (AvgIpc) is 1.94. The van der Waals surface area contributed by atoms with Gasteiger partial charge in [-0.05, 0) is 47.0 Å². The van der Waals surface area contributed by atoms with Crippen LogP contribution in [0.4, 0.5) is 4.39 Å². The summed E-state index contributed by atoms with van der Waals surface area (Å²) in [6.45, 7) is 0. The van der Waals surface area contributed by atoms with Crippen molar-refractivity contribution in [3.63, 3.8) is 0 Å². The first-order chi connectivity index (χ1) is 4.74. The molecule has 10 heavy (non-hydrogen) atoms. The van der Waals surface area contributed by atoms with Gasteiger partial charge in [0, 0.05) is 8.47 Å². The van der Waals surface area contributed by atoms with Crippen LogP contribution in [0.5, 0.6) is 0 Å². The summed E-state index contributed by atoms with van der Waals surface area (Å²) in [4.78, 5) is 0.715. The van der Waals surface area contributed by atoms with Crippen molar-refractivity contribution in [3.05, 3.63) is 27.6 Å². The Kier molecular flexibility index (Phi) is 2.97. The molecule has 0 nitrogen and oxygen atoms in total. The van der Waals surface area contributed by atoms with Crippen molar-refractivity contribution in [3.8, 4) is 0 Å². The third-order valence-electron chi connectivity index (χ3n) is 1.11. The largest absolute Gasteiger partial charge is 0.206 e. The molecule has 54 valence electrons. The third kappa shape index (κ3) is 1.85. The molecule has 1 rings (SSSR count). The Morgan fingerprint density at radius 2 is 2.20 bits per heavy atom. The van der Waals surface area contributed by atoms with E-state index in [-0.39, 0.29) is 5.82 Å². The SMILES string of the molecule is CSc1cc(I)ccc1F. The minimum Gasteiger partial charge on any atom is -0.206 e. The molecule has 0 aliphatic heterocycles. The second-order valence-electron chi connectivity index (χ2n) is 1.78. The second-order valence-corrected chi connectivity index (χ2v) is 3.87. The van der Waals surface area contributed by atoms with Crippen molar-refractivity contribution in [1.29, 1.82) is 0 Å². The average molecular weight is 268 g/mol. The van der Waals surface area contributed by atoms with Gasteiger partial charge in [0.25, 0.3) is 0 Å². The Bertz CT molecular complexity index is 237. The molecule has 0 unspecified atom stereocenters. The number of thioether (sulfide) groups is 1. The van der Waals surface area contributed by atoms with Gasteiger partial charge >= 0.3 is 0 Å². The number of hydrogen-bond acceptors (Lipinski definition) is 1. The van der Waals surface area contributed by atoms with Gasteiger partial charge < -0.3 is 0 Å². The minimum atomic E-state index is -0.132. The smallest absolute Gasteiger partial charge is 0.136 e. The van der Waals surface area contributed by atoms with Crippen LogP contribution < -0.4 is 0 Å². The summed E-state index contributed by atoms with van der Waals surface area (Å²) in [6.07, 6.45) is 1.87. The predicted octanol–water partition coefficient (Wildman–Crippen LogP) is 3.15. The van der Waals surface area contributed by atoms with E-state index in [1.54, 1.807) is 6.07 Å². The Labute approximate surface area is 77.3 Å². The lowest BCUT2D eigenvalue weighted by Crippen LogP contribution is -1.80. The van der Waals surface area contributed by atoms with E-state index < -0.39 is 0 Å². The first kappa shape index (κ1) is 8.33. The maximum Gasteiger partial charge on any atom is 0.136 e. The highest BCUT2D eigenvalue weighted by molar-refractivity contribution is 14.1. The predicted molar refractivity (Wildman–Crippen MR) is 50.9 cm³/mol. The van der Waals surface area contributed by atoms with Crippen LogP contribution in [0.2, 0.25) is 0 Å². The third-order valence-corrected chi connectivity index (χ3v) is 2.54. The van der Waals surface area contributed by atoms with E-state index in [0.717, 1.165) is 3.57 Å². The van der Waals surface area contributed by atoms with E-state index >= 15 is 0 Å². The van der Waals surface area contributed by atoms with Crippen LogP contribution in [0.25, 0.3) is 0 Å². The molecular formula is C7H6FIS. The van der Waals surface area contributed by atoms with Crippen LogP contribution in [0.15, 0.2) is 23.1 Å². The van der Waals surface area contributed by atoms with E-state index in [0.29, 0.717) is 4.90 Å². The van der Waals surface area contributed by atoms with Crippen LogP contribution in [-0.2, 0) is 0 Å². The molecular weight excluding hydrogens is 262 g/mol. The number of hydrogen-bond donors (Lipinski definition) is 0. The van der Waals surface area contributed by atoms with Crippen LogP contribution in [0.1, 0.15) is 0 Å². The van der Waals surface area contributed by atoms with Crippen molar-refractivity contribution in [2.24, 2.45) is 0 Å². The lowest BCUT2D eigenvalue weighted by Gasteiger charge is -1.97. The van der Waals surface area contributed by atoms with Crippen molar-refractivity contribution in [1.82, 2.24) is 0 Å². The van der Waals surface area contributed by atoms with Gasteiger partial charge in [0.05, 0.1) is 0 Å². The van der Waals surface area contributed by atoms with Crippen molar-refractivity contribution < 1.29 is 4.39 Å². The second kappa shape index (κ2) is 3.57. The Balaban J connectivity index is 3.09. The zero-order valence-corrected chi connectivity index (χ0v) is 8.37. The standard InChI is InChI=1S/C7H6FIS/c1-10-7-4-5(9)2-3-6(7)8/h2-4H,1H3. The van der Waals surface area contributed by atoms with Crippen LogP contribution in [-0.4, -0.2) is 6.26 Å². The van der Waals surface area contributed by atoms with Crippen LogP contribution in [0.3, 0.4) is 0 Å². The maximum absolute atomic E-state index is 12.7. The molecule has 3 heteroatoms. The van der Waals surface area contributed by atoms with Gasteiger partial charge in [0.15, 0.2) is 0 Å². The van der Waals surface area contributed by atoms with Gasteiger partial charge in [-0.1, -0.05) is 0 Å². The molecule has 0 radical (unpaired) electrons. The van der Waals surface area contributed by atoms with Crippen molar-refractivity contribution in [2.45, 2.75) is 4.90 Å². The molecule has 0 N–H and O–H groups in total. The molecule has 0 aliphatic carbocycles. The molecule has 0 saturated carbocycles. The summed E-state index contributed by atoms with van der Waals surface area (Å²) < 4.78 is 13.8. The van der Waals surface area contributed by atoms with Gasteiger partial charge in [-0.25, -0.2) is 4.39 Å². The molecule has 0 aliphatic rings. The number of halogens is 2. The van der Waals surface area contributed by atoms with E-state index in [1.165, 1.54) is 17.8 Å². The van der Waals surface area contributed by atoms with Crippen molar-refractivity contribution >= 4 is 34.4 Å². The molecule has 0 atom stereocenters. The minimum absolute atomic E-state index is 0.132. The molecule has 0 bridgehead atoms. The monoisotopic (exact) mass is 268 g/mol. The van der Waals surface area contributed by atoms with E-state index in [4.69, 9.17) is 0 Å². The van der Waals surface area contributed by atoms with Crippen molar-refractivity contribution in [2.75, 3.05) is 6.26 Å². The van der Waals surface area contributed by atoms with E-state index in [9.17, 15) is 4.39 Å². The van der Waals surface area contributed by atoms with Gasteiger partial charge in [0.2, 0.25) is 0 Å². The molecule has 0 aromatic heterocycles. The maximum atomic E-state index is 12.7. The van der Waals surface area contributed by atoms with Gasteiger partial charge in [-0.3, -0.25) is 0 Å². The van der Waals surface area contributed by atoms with E-state index in [2.05, 4.69) is 22.6 Å². The summed E-state index contributed by atoms with van der Waals surface area (Å²) in [5, 5.41) is 0. The lowest BCUT2D eigenvalue weighted by molar-refractivity contribution is 0.601. The molecule has 0 heterocycles. The summed E-state index contributed by atoms with van der Waals surface area (Å²) in [7, 11) is 0. The highest BCUT2D eigenvalue weighted by atomic mass is 127. The fourth-order valence-electron chi connectivity index (χ4n) is 0.634. The van der Waals surface area contributed by atoms with Gasteiger partial charge in [-0.15, -0.1) is 11.8 Å². The zero-order valence-electron chi connectivity index (χ0n) is 5.40. The van der Waals surface area contributed by atoms with E-state index in [1.807, 2.05) is 12.3 Å². The molecule has 0 amide bonds. The molecule has 0 fully saturated rings. The molecule has 1 aromatic rings. The lowest BCUT2D eigenvalue weighted by atomic mass is 10.3. The summed E-state index contributed by atoms with van der Waals surface area (Å²) in [6, 6.07) is 5.09. The normalized spacial score (nSPS) is 9.90. The topological polar surface area (TPSA) is 0 Å². The summed E-state index contributed by atoms with van der Waals surface area (Å²) in [5.74, 6) is -0.132. The highest BCUT2D eigenvalue weighted by Gasteiger charge is 1.98. The molecule has 1 aromatic carbocycles. The van der Waals surface area contributed by atoms with Crippen LogP contribution in [0, 0.1) is 9.39 Å². The summed E-state index contributed by atoms with van der Waals surface area (Å²) >= 11 is 3.60. The fraction of sp³-hybridized carbons (Fsp3) is 0.143. The number of benzene rings is 1. The Morgan fingerprint density at radius 1 is 1.50 bits per heavy atom. The first-order valence-corrected chi connectivity index (χ1v) is 5.03. The zero-order chi connectivity index (χ0) is 7.56.